The van der Waals surface area contributed by atoms with E-state index in [2.05, 4.69) is 0 Å². The lowest BCUT2D eigenvalue weighted by molar-refractivity contribution is -0.140. The lowest BCUT2D eigenvalue weighted by Gasteiger charge is -2.34. The fraction of sp³-hybridized carbons (Fsp3) is 0.500. The van der Waals surface area contributed by atoms with Gasteiger partial charge in [0.25, 0.3) is 0 Å². The van der Waals surface area contributed by atoms with Gasteiger partial charge in [0.05, 0.1) is 19.2 Å². The van der Waals surface area contributed by atoms with Gasteiger partial charge in [0, 0.05) is 6.54 Å². The number of carbonyl (C=O) groups is 1. The molecule has 2 N–H and O–H groups in total. The van der Waals surface area contributed by atoms with E-state index in [0.29, 0.717) is 26.1 Å². The van der Waals surface area contributed by atoms with E-state index < -0.39 is 6.04 Å². The van der Waals surface area contributed by atoms with Crippen molar-refractivity contribution in [3.8, 4) is 0 Å². The van der Waals surface area contributed by atoms with Crippen LogP contribution in [0.1, 0.15) is 25.0 Å². The summed E-state index contributed by atoms with van der Waals surface area (Å²) < 4.78 is 18.5. The quantitative estimate of drug-likeness (QED) is 0.901. The van der Waals surface area contributed by atoms with Gasteiger partial charge in [0.1, 0.15) is 11.9 Å². The minimum atomic E-state index is -0.452. The first-order valence-electron chi connectivity index (χ1n) is 6.53. The number of halogens is 1. The molecule has 2 atom stereocenters. The smallest absolute Gasteiger partial charge is 0.239 e. The van der Waals surface area contributed by atoms with Crippen LogP contribution < -0.4 is 5.73 Å². The van der Waals surface area contributed by atoms with Crippen molar-refractivity contribution in [3.05, 3.63) is 35.6 Å². The molecule has 0 saturated carbocycles. The number of carbonyl (C=O) groups excluding carboxylic acids is 1. The lowest BCUT2D eigenvalue weighted by atomic mass is 10.1. The summed E-state index contributed by atoms with van der Waals surface area (Å²) in [4.78, 5) is 13.8. The van der Waals surface area contributed by atoms with Crippen molar-refractivity contribution in [2.24, 2.45) is 5.73 Å². The minimum absolute atomic E-state index is 0.0436. The molecule has 4 nitrogen and oxygen atoms in total. The standard InChI is InChI=1S/C14H19FN2O2/c1-2-12(16)14(18)17-7-8-19-13(9-17)10-3-5-11(15)6-4-10/h3-6,12-13H,2,7-9,16H2,1H3/t12-,13?/m1/s1. The number of hydrogen-bond donors (Lipinski definition) is 1. The summed E-state index contributed by atoms with van der Waals surface area (Å²) in [7, 11) is 0. The highest BCUT2D eigenvalue weighted by molar-refractivity contribution is 5.81. The predicted octanol–water partition coefficient (Wildman–Crippen LogP) is 1.46. The van der Waals surface area contributed by atoms with Crippen LogP contribution in [0.5, 0.6) is 0 Å². The lowest BCUT2D eigenvalue weighted by Crippen LogP contribution is -2.49. The van der Waals surface area contributed by atoms with Crippen LogP contribution in [-0.4, -0.2) is 36.5 Å². The molecule has 104 valence electrons. The summed E-state index contributed by atoms with van der Waals surface area (Å²) in [5.74, 6) is -0.321. The summed E-state index contributed by atoms with van der Waals surface area (Å²) in [6, 6.07) is 5.72. The number of rotatable bonds is 3. The van der Waals surface area contributed by atoms with Gasteiger partial charge < -0.3 is 15.4 Å². The van der Waals surface area contributed by atoms with E-state index >= 15 is 0 Å². The van der Waals surface area contributed by atoms with Gasteiger partial charge in [-0.15, -0.1) is 0 Å². The number of amides is 1. The number of hydrogen-bond acceptors (Lipinski definition) is 3. The molecule has 1 aromatic carbocycles. The van der Waals surface area contributed by atoms with Gasteiger partial charge in [0.2, 0.25) is 5.91 Å². The Labute approximate surface area is 112 Å². The zero-order valence-corrected chi connectivity index (χ0v) is 11.0. The normalized spacial score (nSPS) is 21.2. The van der Waals surface area contributed by atoms with E-state index in [1.165, 1.54) is 12.1 Å². The predicted molar refractivity (Wildman–Crippen MR) is 69.9 cm³/mol. The van der Waals surface area contributed by atoms with E-state index in [1.54, 1.807) is 17.0 Å². The van der Waals surface area contributed by atoms with Crippen LogP contribution >= 0.6 is 0 Å². The van der Waals surface area contributed by atoms with Gasteiger partial charge in [-0.25, -0.2) is 4.39 Å². The third kappa shape index (κ3) is 3.30. The second kappa shape index (κ2) is 6.12. The van der Waals surface area contributed by atoms with E-state index in [4.69, 9.17) is 10.5 Å². The third-order valence-corrected chi connectivity index (χ3v) is 3.38. The molecule has 1 aliphatic heterocycles. The molecule has 1 unspecified atom stereocenters. The van der Waals surface area contributed by atoms with Crippen LogP contribution in [0.25, 0.3) is 0 Å². The van der Waals surface area contributed by atoms with Crippen molar-refractivity contribution in [1.82, 2.24) is 4.90 Å². The molecule has 0 radical (unpaired) electrons. The molecule has 1 fully saturated rings. The molecule has 1 amide bonds. The summed E-state index contributed by atoms with van der Waals surface area (Å²) in [6.07, 6.45) is 0.416. The second-order valence-electron chi connectivity index (χ2n) is 4.71. The average Bonchev–Trinajstić information content (AvgIpc) is 2.46. The largest absolute Gasteiger partial charge is 0.370 e. The first-order valence-corrected chi connectivity index (χ1v) is 6.53. The highest BCUT2D eigenvalue weighted by Gasteiger charge is 2.27. The van der Waals surface area contributed by atoms with Crippen LogP contribution in [-0.2, 0) is 9.53 Å². The highest BCUT2D eigenvalue weighted by Crippen LogP contribution is 2.22. The molecule has 1 heterocycles. The van der Waals surface area contributed by atoms with Crippen molar-refractivity contribution in [1.29, 1.82) is 0 Å². The van der Waals surface area contributed by atoms with Crippen molar-refractivity contribution >= 4 is 5.91 Å². The summed E-state index contributed by atoms with van der Waals surface area (Å²) in [5.41, 5.74) is 6.65. The van der Waals surface area contributed by atoms with Crippen LogP contribution in [0.4, 0.5) is 4.39 Å². The fourth-order valence-corrected chi connectivity index (χ4v) is 2.14. The Kier molecular flexibility index (Phi) is 4.50. The molecular formula is C14H19FN2O2. The van der Waals surface area contributed by atoms with Crippen LogP contribution in [0.3, 0.4) is 0 Å². The Hall–Kier alpha value is -1.46. The zero-order chi connectivity index (χ0) is 13.8. The second-order valence-corrected chi connectivity index (χ2v) is 4.71. The Morgan fingerprint density at radius 2 is 2.21 bits per heavy atom. The number of nitrogens with zero attached hydrogens (tertiary/aromatic N) is 1. The van der Waals surface area contributed by atoms with E-state index in [0.717, 1.165) is 5.56 Å². The van der Waals surface area contributed by atoms with E-state index in [9.17, 15) is 9.18 Å². The number of morpholine rings is 1. The molecule has 0 spiro atoms. The first kappa shape index (κ1) is 14.0. The molecule has 19 heavy (non-hydrogen) atoms. The SMILES string of the molecule is CC[C@@H](N)C(=O)N1CCOC(c2ccc(F)cc2)C1. The summed E-state index contributed by atoms with van der Waals surface area (Å²) in [5, 5.41) is 0. The summed E-state index contributed by atoms with van der Waals surface area (Å²) >= 11 is 0. The van der Waals surface area contributed by atoms with Gasteiger partial charge >= 0.3 is 0 Å². The molecule has 1 aliphatic rings. The van der Waals surface area contributed by atoms with Crippen LogP contribution in [0.2, 0.25) is 0 Å². The van der Waals surface area contributed by atoms with Crippen LogP contribution in [0.15, 0.2) is 24.3 Å². The van der Waals surface area contributed by atoms with Crippen molar-refractivity contribution in [2.75, 3.05) is 19.7 Å². The number of benzene rings is 1. The van der Waals surface area contributed by atoms with Gasteiger partial charge in [-0.1, -0.05) is 19.1 Å². The topological polar surface area (TPSA) is 55.6 Å². The van der Waals surface area contributed by atoms with Gasteiger partial charge in [-0.05, 0) is 24.1 Å². The average molecular weight is 266 g/mol. The molecule has 1 saturated heterocycles. The molecule has 0 aromatic heterocycles. The van der Waals surface area contributed by atoms with Gasteiger partial charge in [0.15, 0.2) is 0 Å². The monoisotopic (exact) mass is 266 g/mol. The minimum Gasteiger partial charge on any atom is -0.370 e. The maximum absolute atomic E-state index is 12.9. The Morgan fingerprint density at radius 1 is 1.53 bits per heavy atom. The molecule has 0 aliphatic carbocycles. The van der Waals surface area contributed by atoms with Crippen LogP contribution in [0, 0.1) is 5.82 Å². The van der Waals surface area contributed by atoms with Crippen molar-refractivity contribution < 1.29 is 13.9 Å². The molecule has 5 heteroatoms. The van der Waals surface area contributed by atoms with Gasteiger partial charge in [-0.3, -0.25) is 4.79 Å². The Morgan fingerprint density at radius 3 is 2.84 bits per heavy atom. The van der Waals surface area contributed by atoms with E-state index in [1.807, 2.05) is 6.92 Å². The summed E-state index contributed by atoms with van der Waals surface area (Å²) in [6.45, 7) is 3.40. The number of nitrogens with two attached hydrogens (primary N) is 1. The maximum atomic E-state index is 12.9. The highest BCUT2D eigenvalue weighted by atomic mass is 19.1. The third-order valence-electron chi connectivity index (χ3n) is 3.38. The maximum Gasteiger partial charge on any atom is 0.239 e. The molecule has 1 aromatic rings. The van der Waals surface area contributed by atoms with Crippen molar-refractivity contribution in [3.63, 3.8) is 0 Å². The Balaban J connectivity index is 2.04. The molecule has 0 bridgehead atoms. The molecule has 2 rings (SSSR count). The Bertz CT molecular complexity index is 436. The first-order chi connectivity index (χ1) is 9.11. The van der Waals surface area contributed by atoms with Crippen molar-refractivity contribution in [2.45, 2.75) is 25.5 Å². The molecular weight excluding hydrogens is 247 g/mol. The number of ether oxygens (including phenoxy) is 1. The van der Waals surface area contributed by atoms with E-state index in [-0.39, 0.29) is 17.8 Å². The van der Waals surface area contributed by atoms with Gasteiger partial charge in [-0.2, -0.15) is 0 Å². The fourth-order valence-electron chi connectivity index (χ4n) is 2.14. The zero-order valence-electron chi connectivity index (χ0n) is 11.0.